The SMILES string of the molecule is O=C(OCCCOCCc1ccccc1)C1CCNN1. The highest BCUT2D eigenvalue weighted by molar-refractivity contribution is 5.75. The molecule has 2 N–H and O–H groups in total. The van der Waals surface area contributed by atoms with Crippen molar-refractivity contribution in [3.63, 3.8) is 0 Å². The summed E-state index contributed by atoms with van der Waals surface area (Å²) >= 11 is 0. The van der Waals surface area contributed by atoms with Crippen molar-refractivity contribution in [2.24, 2.45) is 0 Å². The van der Waals surface area contributed by atoms with Gasteiger partial charge in [0.15, 0.2) is 0 Å². The van der Waals surface area contributed by atoms with Crippen LogP contribution >= 0.6 is 0 Å². The zero-order valence-corrected chi connectivity index (χ0v) is 11.6. The van der Waals surface area contributed by atoms with Gasteiger partial charge in [0, 0.05) is 19.6 Å². The first-order chi connectivity index (χ1) is 9.86. The lowest BCUT2D eigenvalue weighted by atomic mass is 10.2. The van der Waals surface area contributed by atoms with Gasteiger partial charge in [-0.3, -0.25) is 10.2 Å². The largest absolute Gasteiger partial charge is 0.464 e. The van der Waals surface area contributed by atoms with E-state index < -0.39 is 0 Å². The van der Waals surface area contributed by atoms with Crippen molar-refractivity contribution in [2.45, 2.75) is 25.3 Å². The topological polar surface area (TPSA) is 59.6 Å². The van der Waals surface area contributed by atoms with E-state index in [0.29, 0.717) is 19.8 Å². The van der Waals surface area contributed by atoms with Crippen LogP contribution < -0.4 is 10.9 Å². The first-order valence-electron chi connectivity index (χ1n) is 7.13. The van der Waals surface area contributed by atoms with Crippen molar-refractivity contribution in [3.05, 3.63) is 35.9 Å². The molecule has 0 amide bonds. The number of hydrazine groups is 1. The van der Waals surface area contributed by atoms with Gasteiger partial charge in [0.05, 0.1) is 13.2 Å². The third-order valence-corrected chi connectivity index (χ3v) is 3.17. The molecule has 0 spiro atoms. The molecule has 0 aromatic heterocycles. The number of hydrogen-bond acceptors (Lipinski definition) is 5. The Morgan fingerprint density at radius 2 is 2.05 bits per heavy atom. The highest BCUT2D eigenvalue weighted by Crippen LogP contribution is 2.01. The summed E-state index contributed by atoms with van der Waals surface area (Å²) in [6.45, 7) is 2.55. The summed E-state index contributed by atoms with van der Waals surface area (Å²) in [5.74, 6) is -0.181. The van der Waals surface area contributed by atoms with Crippen LogP contribution in [0.1, 0.15) is 18.4 Å². The number of nitrogens with one attached hydrogen (secondary N) is 2. The fourth-order valence-corrected chi connectivity index (χ4v) is 2.03. The van der Waals surface area contributed by atoms with E-state index in [-0.39, 0.29) is 12.0 Å². The molecular formula is C15H22N2O3. The van der Waals surface area contributed by atoms with Crippen LogP contribution in [0.5, 0.6) is 0 Å². The van der Waals surface area contributed by atoms with Crippen molar-refractivity contribution in [3.8, 4) is 0 Å². The summed E-state index contributed by atoms with van der Waals surface area (Å²) in [6, 6.07) is 10.0. The molecule has 1 aromatic rings. The van der Waals surface area contributed by atoms with Crippen LogP contribution in [0.3, 0.4) is 0 Å². The van der Waals surface area contributed by atoms with Crippen molar-refractivity contribution in [2.75, 3.05) is 26.4 Å². The lowest BCUT2D eigenvalue weighted by Gasteiger charge is -2.09. The van der Waals surface area contributed by atoms with Crippen LogP contribution in [0.15, 0.2) is 30.3 Å². The molecule has 1 aromatic carbocycles. The van der Waals surface area contributed by atoms with Crippen LogP contribution in [-0.2, 0) is 20.7 Å². The zero-order chi connectivity index (χ0) is 14.0. The van der Waals surface area contributed by atoms with E-state index in [2.05, 4.69) is 23.0 Å². The molecule has 1 aliphatic rings. The Morgan fingerprint density at radius 1 is 1.20 bits per heavy atom. The van der Waals surface area contributed by atoms with E-state index in [4.69, 9.17) is 9.47 Å². The van der Waals surface area contributed by atoms with Crippen molar-refractivity contribution >= 4 is 5.97 Å². The summed E-state index contributed by atoms with van der Waals surface area (Å²) in [7, 11) is 0. The molecule has 2 rings (SSSR count). The zero-order valence-electron chi connectivity index (χ0n) is 11.6. The van der Waals surface area contributed by atoms with E-state index in [1.54, 1.807) is 0 Å². The molecule has 1 heterocycles. The molecule has 0 aliphatic carbocycles. The number of ether oxygens (including phenoxy) is 2. The van der Waals surface area contributed by atoms with E-state index >= 15 is 0 Å². The maximum Gasteiger partial charge on any atom is 0.324 e. The molecule has 110 valence electrons. The van der Waals surface area contributed by atoms with E-state index in [9.17, 15) is 4.79 Å². The second-order valence-electron chi connectivity index (χ2n) is 4.78. The second kappa shape index (κ2) is 8.68. The number of esters is 1. The third-order valence-electron chi connectivity index (χ3n) is 3.17. The molecule has 1 unspecified atom stereocenters. The minimum absolute atomic E-state index is 0.181. The number of carbonyl (C=O) groups is 1. The lowest BCUT2D eigenvalue weighted by Crippen LogP contribution is -2.37. The summed E-state index contributed by atoms with van der Waals surface area (Å²) in [5.41, 5.74) is 7.07. The van der Waals surface area contributed by atoms with Gasteiger partial charge in [-0.05, 0) is 18.4 Å². The summed E-state index contributed by atoms with van der Waals surface area (Å²) < 4.78 is 10.7. The number of rotatable bonds is 8. The predicted octanol–water partition coefficient (Wildman–Crippen LogP) is 1.05. The van der Waals surface area contributed by atoms with Crippen LogP contribution in [0.25, 0.3) is 0 Å². The average molecular weight is 278 g/mol. The highest BCUT2D eigenvalue weighted by Gasteiger charge is 2.22. The minimum Gasteiger partial charge on any atom is -0.464 e. The normalized spacial score (nSPS) is 18.1. The summed E-state index contributed by atoms with van der Waals surface area (Å²) in [5, 5.41) is 0. The Bertz CT molecular complexity index is 391. The Labute approximate surface area is 119 Å². The number of benzene rings is 1. The van der Waals surface area contributed by atoms with E-state index in [1.807, 2.05) is 18.2 Å². The first kappa shape index (κ1) is 15.0. The smallest absolute Gasteiger partial charge is 0.324 e. The molecule has 1 saturated heterocycles. The summed E-state index contributed by atoms with van der Waals surface area (Å²) in [4.78, 5) is 11.6. The van der Waals surface area contributed by atoms with Gasteiger partial charge in [0.25, 0.3) is 0 Å². The molecule has 1 atom stereocenters. The quantitative estimate of drug-likeness (QED) is 0.550. The van der Waals surface area contributed by atoms with Crippen molar-refractivity contribution in [1.82, 2.24) is 10.9 Å². The Hall–Kier alpha value is -1.43. The highest BCUT2D eigenvalue weighted by atomic mass is 16.5. The van der Waals surface area contributed by atoms with Crippen LogP contribution in [0, 0.1) is 0 Å². The lowest BCUT2D eigenvalue weighted by molar-refractivity contribution is -0.146. The summed E-state index contributed by atoms with van der Waals surface area (Å²) in [6.07, 6.45) is 2.44. The number of hydrogen-bond donors (Lipinski definition) is 2. The third kappa shape index (κ3) is 5.28. The van der Waals surface area contributed by atoms with Gasteiger partial charge in [0.1, 0.15) is 6.04 Å². The maximum atomic E-state index is 11.6. The maximum absolute atomic E-state index is 11.6. The van der Waals surface area contributed by atoms with Crippen LogP contribution in [0.2, 0.25) is 0 Å². The molecule has 1 aliphatic heterocycles. The van der Waals surface area contributed by atoms with Gasteiger partial charge in [-0.1, -0.05) is 30.3 Å². The van der Waals surface area contributed by atoms with E-state index in [0.717, 1.165) is 25.8 Å². The van der Waals surface area contributed by atoms with Crippen molar-refractivity contribution in [1.29, 1.82) is 0 Å². The molecule has 0 bridgehead atoms. The molecule has 0 radical (unpaired) electrons. The van der Waals surface area contributed by atoms with Gasteiger partial charge in [-0.2, -0.15) is 0 Å². The van der Waals surface area contributed by atoms with E-state index in [1.165, 1.54) is 5.56 Å². The number of carbonyl (C=O) groups excluding carboxylic acids is 1. The second-order valence-corrected chi connectivity index (χ2v) is 4.78. The molecule has 5 nitrogen and oxygen atoms in total. The van der Waals surface area contributed by atoms with Gasteiger partial charge >= 0.3 is 5.97 Å². The minimum atomic E-state index is -0.200. The fourth-order valence-electron chi connectivity index (χ4n) is 2.03. The molecule has 1 fully saturated rings. The van der Waals surface area contributed by atoms with Crippen LogP contribution in [0.4, 0.5) is 0 Å². The molecular weight excluding hydrogens is 256 g/mol. The fraction of sp³-hybridized carbons (Fsp3) is 0.533. The Balaban J connectivity index is 1.44. The van der Waals surface area contributed by atoms with Crippen molar-refractivity contribution < 1.29 is 14.3 Å². The monoisotopic (exact) mass is 278 g/mol. The molecule has 0 saturated carbocycles. The Kier molecular flexibility index (Phi) is 6.50. The van der Waals surface area contributed by atoms with Crippen LogP contribution in [-0.4, -0.2) is 38.4 Å². The molecule has 5 heteroatoms. The molecule has 20 heavy (non-hydrogen) atoms. The van der Waals surface area contributed by atoms with Gasteiger partial charge in [0.2, 0.25) is 0 Å². The average Bonchev–Trinajstić information content (AvgIpc) is 3.01. The first-order valence-corrected chi connectivity index (χ1v) is 7.13. The standard InChI is InChI=1S/C15H22N2O3/c18-15(14-7-9-16-17-14)20-11-4-10-19-12-8-13-5-2-1-3-6-13/h1-3,5-6,14,16-17H,4,7-12H2. The predicted molar refractivity (Wildman–Crippen MR) is 76.1 cm³/mol. The van der Waals surface area contributed by atoms with Gasteiger partial charge in [-0.15, -0.1) is 0 Å². The van der Waals surface area contributed by atoms with Gasteiger partial charge < -0.3 is 9.47 Å². The Morgan fingerprint density at radius 3 is 2.80 bits per heavy atom. The van der Waals surface area contributed by atoms with Gasteiger partial charge in [-0.25, -0.2) is 5.43 Å².